The summed E-state index contributed by atoms with van der Waals surface area (Å²) in [5.41, 5.74) is -0.622. The predicted molar refractivity (Wildman–Crippen MR) is 128 cm³/mol. The summed E-state index contributed by atoms with van der Waals surface area (Å²) in [6.45, 7) is -3.42. The first-order chi connectivity index (χ1) is 19.7. The van der Waals surface area contributed by atoms with E-state index in [-0.39, 0.29) is 41.0 Å². The van der Waals surface area contributed by atoms with Crippen molar-refractivity contribution in [1.29, 1.82) is 0 Å². The van der Waals surface area contributed by atoms with Crippen LogP contribution in [0.5, 0.6) is 11.8 Å². The van der Waals surface area contributed by atoms with Gasteiger partial charge >= 0.3 is 12.8 Å². The first-order valence-corrected chi connectivity index (χ1v) is 12.0. The molecule has 1 fully saturated rings. The Labute approximate surface area is 225 Å². The summed E-state index contributed by atoms with van der Waals surface area (Å²) in [7, 11) is 0. The number of fused-ring (bicyclic) bond motifs is 1. The van der Waals surface area contributed by atoms with E-state index < -0.39 is 41.7 Å². The second-order valence-electron chi connectivity index (χ2n) is 8.92. The second kappa shape index (κ2) is 10.3. The number of nitrogens with one attached hydrogen (secondary N) is 1. The number of rotatable bonds is 8. The Morgan fingerprint density at radius 2 is 1.83 bits per heavy atom. The lowest BCUT2D eigenvalue weighted by Crippen LogP contribution is -2.09. The summed E-state index contributed by atoms with van der Waals surface area (Å²) < 4.78 is 90.2. The van der Waals surface area contributed by atoms with Gasteiger partial charge in [-0.25, -0.2) is 34.3 Å². The molecule has 1 N–H and O–H groups in total. The van der Waals surface area contributed by atoms with Crippen molar-refractivity contribution in [3.63, 3.8) is 0 Å². The summed E-state index contributed by atoms with van der Waals surface area (Å²) in [4.78, 5) is 30.6. The lowest BCUT2D eigenvalue weighted by Gasteiger charge is -2.14. The van der Waals surface area contributed by atoms with Crippen LogP contribution in [0, 0.1) is 5.82 Å². The summed E-state index contributed by atoms with van der Waals surface area (Å²) in [6.07, 6.45) is 1.25. The molecule has 210 valence electrons. The molecule has 0 unspecified atom stereocenters. The minimum absolute atomic E-state index is 0.00275. The first-order valence-electron chi connectivity index (χ1n) is 12.0. The standard InChI is InChI=1S/C25H16F6N8O2/c26-14-6-11(7-33-18(14)21-34-8-15(37-21)25(29,30)31)9-40-22-13-2-1-5-32-19(13)38-20(39-22)16-17(12-3-4-12)35-10-36-23(16)41-24(27)28/h1-2,5-8,10,12,24H,3-4,9H2,(H,34,37). The van der Waals surface area contributed by atoms with Gasteiger partial charge in [0.25, 0.3) is 0 Å². The zero-order valence-electron chi connectivity index (χ0n) is 20.5. The summed E-state index contributed by atoms with van der Waals surface area (Å²) in [5.74, 6) is -1.79. The average Bonchev–Trinajstić information content (AvgIpc) is 3.66. The quantitative estimate of drug-likeness (QED) is 0.240. The number of nitrogens with zero attached hydrogens (tertiary/aromatic N) is 7. The minimum atomic E-state index is -4.68. The molecule has 0 amide bonds. The molecule has 6 rings (SSSR count). The van der Waals surface area contributed by atoms with Crippen molar-refractivity contribution >= 4 is 11.0 Å². The van der Waals surface area contributed by atoms with Gasteiger partial charge in [-0.3, -0.25) is 0 Å². The molecule has 0 bridgehead atoms. The molecule has 10 nitrogen and oxygen atoms in total. The van der Waals surface area contributed by atoms with Crippen molar-refractivity contribution in [2.45, 2.75) is 38.2 Å². The number of hydrogen-bond donors (Lipinski definition) is 1. The lowest BCUT2D eigenvalue weighted by atomic mass is 10.1. The number of aromatic amines is 1. The highest BCUT2D eigenvalue weighted by Crippen LogP contribution is 2.45. The minimum Gasteiger partial charge on any atom is -0.472 e. The number of imidazole rings is 1. The Morgan fingerprint density at radius 3 is 2.54 bits per heavy atom. The number of hydrogen-bond acceptors (Lipinski definition) is 9. The monoisotopic (exact) mass is 574 g/mol. The Morgan fingerprint density at radius 1 is 1.00 bits per heavy atom. The van der Waals surface area contributed by atoms with Crippen LogP contribution in [0.3, 0.4) is 0 Å². The van der Waals surface area contributed by atoms with Crippen LogP contribution in [0.1, 0.15) is 35.7 Å². The van der Waals surface area contributed by atoms with Crippen LogP contribution in [0.4, 0.5) is 26.3 Å². The SMILES string of the molecule is Fc1cc(COc2nc(-c3c(OC(F)F)ncnc3C3CC3)nc3ncccc23)cnc1-c1ncc(C(F)(F)F)[nH]1. The number of halogens is 6. The van der Waals surface area contributed by atoms with Gasteiger partial charge in [0.1, 0.15) is 29.9 Å². The molecule has 41 heavy (non-hydrogen) atoms. The van der Waals surface area contributed by atoms with Crippen molar-refractivity contribution in [1.82, 2.24) is 39.9 Å². The van der Waals surface area contributed by atoms with Gasteiger partial charge in [-0.2, -0.15) is 26.9 Å². The number of H-pyrrole nitrogens is 1. The maximum atomic E-state index is 14.8. The molecular formula is C25H16F6N8O2. The molecule has 0 aromatic carbocycles. The lowest BCUT2D eigenvalue weighted by molar-refractivity contribution is -0.140. The maximum absolute atomic E-state index is 14.8. The van der Waals surface area contributed by atoms with E-state index in [4.69, 9.17) is 4.74 Å². The molecule has 5 aromatic heterocycles. The van der Waals surface area contributed by atoms with E-state index in [0.29, 0.717) is 17.3 Å². The van der Waals surface area contributed by atoms with Crippen LogP contribution < -0.4 is 9.47 Å². The largest absolute Gasteiger partial charge is 0.472 e. The van der Waals surface area contributed by atoms with Crippen LogP contribution in [-0.2, 0) is 12.8 Å². The fourth-order valence-electron chi connectivity index (χ4n) is 4.06. The molecule has 0 aliphatic heterocycles. The van der Waals surface area contributed by atoms with Gasteiger partial charge in [-0.05, 0) is 31.0 Å². The topological polar surface area (TPSA) is 124 Å². The van der Waals surface area contributed by atoms with E-state index in [1.54, 1.807) is 12.1 Å². The van der Waals surface area contributed by atoms with Gasteiger partial charge in [0, 0.05) is 23.9 Å². The Hall–Kier alpha value is -4.89. The van der Waals surface area contributed by atoms with E-state index in [2.05, 4.69) is 39.6 Å². The number of aromatic nitrogens is 8. The molecular weight excluding hydrogens is 558 g/mol. The van der Waals surface area contributed by atoms with Gasteiger partial charge in [0.05, 0.1) is 17.3 Å². The Balaban J connectivity index is 1.33. The molecule has 0 radical (unpaired) electrons. The van der Waals surface area contributed by atoms with Crippen molar-refractivity contribution in [2.24, 2.45) is 0 Å². The van der Waals surface area contributed by atoms with Gasteiger partial charge in [0.15, 0.2) is 23.1 Å². The van der Waals surface area contributed by atoms with Crippen LogP contribution in [0.25, 0.3) is 33.9 Å². The van der Waals surface area contributed by atoms with E-state index in [1.165, 1.54) is 12.4 Å². The Bertz CT molecular complexity index is 1740. The molecule has 1 aliphatic carbocycles. The average molecular weight is 574 g/mol. The number of pyridine rings is 2. The predicted octanol–water partition coefficient (Wildman–Crippen LogP) is 5.48. The molecule has 0 saturated heterocycles. The van der Waals surface area contributed by atoms with Crippen molar-refractivity contribution in [3.8, 4) is 34.7 Å². The van der Waals surface area contributed by atoms with E-state index in [9.17, 15) is 26.3 Å². The summed E-state index contributed by atoms with van der Waals surface area (Å²) >= 11 is 0. The highest BCUT2D eigenvalue weighted by molar-refractivity contribution is 5.83. The third-order valence-electron chi connectivity index (χ3n) is 6.05. The first kappa shape index (κ1) is 26.3. The molecule has 16 heteroatoms. The maximum Gasteiger partial charge on any atom is 0.432 e. The van der Waals surface area contributed by atoms with E-state index >= 15 is 0 Å². The van der Waals surface area contributed by atoms with Crippen molar-refractivity contribution in [3.05, 3.63) is 65.9 Å². The third-order valence-corrected chi connectivity index (χ3v) is 6.05. The normalized spacial score (nSPS) is 13.6. The van der Waals surface area contributed by atoms with Crippen LogP contribution in [0.15, 0.2) is 43.1 Å². The molecule has 0 atom stereocenters. The van der Waals surface area contributed by atoms with Crippen LogP contribution >= 0.6 is 0 Å². The smallest absolute Gasteiger partial charge is 0.432 e. The fourth-order valence-corrected chi connectivity index (χ4v) is 4.06. The van der Waals surface area contributed by atoms with Crippen molar-refractivity contribution < 1.29 is 35.8 Å². The zero-order valence-corrected chi connectivity index (χ0v) is 20.5. The van der Waals surface area contributed by atoms with E-state index in [1.807, 2.05) is 4.98 Å². The zero-order chi connectivity index (χ0) is 28.7. The number of alkyl halides is 5. The van der Waals surface area contributed by atoms with E-state index in [0.717, 1.165) is 25.2 Å². The molecule has 0 spiro atoms. The highest BCUT2D eigenvalue weighted by Gasteiger charge is 2.34. The molecule has 1 saturated carbocycles. The van der Waals surface area contributed by atoms with Crippen LogP contribution in [0.2, 0.25) is 0 Å². The second-order valence-corrected chi connectivity index (χ2v) is 8.92. The van der Waals surface area contributed by atoms with Gasteiger partial charge in [0.2, 0.25) is 11.8 Å². The van der Waals surface area contributed by atoms with Crippen LogP contribution in [-0.4, -0.2) is 46.5 Å². The molecule has 1 aliphatic rings. The number of ether oxygens (including phenoxy) is 2. The molecule has 5 heterocycles. The molecule has 5 aromatic rings. The Kier molecular flexibility index (Phi) is 6.59. The fraction of sp³-hybridized carbons (Fsp3) is 0.240. The van der Waals surface area contributed by atoms with Gasteiger partial charge in [-0.15, -0.1) is 0 Å². The third kappa shape index (κ3) is 5.44. The van der Waals surface area contributed by atoms with Gasteiger partial charge < -0.3 is 14.5 Å². The van der Waals surface area contributed by atoms with Crippen molar-refractivity contribution in [2.75, 3.05) is 0 Å². The summed E-state index contributed by atoms with van der Waals surface area (Å²) in [5, 5.41) is 0.373. The highest BCUT2D eigenvalue weighted by atomic mass is 19.4. The van der Waals surface area contributed by atoms with Gasteiger partial charge in [-0.1, -0.05) is 0 Å². The summed E-state index contributed by atoms with van der Waals surface area (Å²) in [6, 6.07) is 4.27.